The molecular weight excluding hydrogens is 433 g/mol. The molecule has 0 radical (unpaired) electrons. The maximum atomic E-state index is 14.6. The fourth-order valence-corrected chi connectivity index (χ4v) is 4.05. The van der Waals surface area contributed by atoms with E-state index in [0.29, 0.717) is 28.4 Å². The maximum Gasteiger partial charge on any atom is 0.201 e. The van der Waals surface area contributed by atoms with E-state index in [1.165, 1.54) is 12.1 Å². The van der Waals surface area contributed by atoms with E-state index in [0.717, 1.165) is 43.1 Å². The minimum atomic E-state index is -0.669. The second-order valence-corrected chi connectivity index (χ2v) is 8.49. The summed E-state index contributed by atoms with van der Waals surface area (Å²) in [5.41, 5.74) is 8.41. The Hall–Kier alpha value is -4.03. The van der Waals surface area contributed by atoms with E-state index in [4.69, 9.17) is 16.0 Å². The highest BCUT2D eigenvalue weighted by Gasteiger charge is 2.23. The number of aromatic amines is 1. The summed E-state index contributed by atoms with van der Waals surface area (Å²) in [6, 6.07) is 11.7. The Morgan fingerprint density at radius 1 is 1.26 bits per heavy atom. The molecule has 3 aromatic rings. The summed E-state index contributed by atoms with van der Waals surface area (Å²) in [6.45, 7) is 1.45. The first-order valence-electron chi connectivity index (χ1n) is 11.0. The largest absolute Gasteiger partial charge is 0.349 e. The third kappa shape index (κ3) is 4.67. The average Bonchev–Trinajstić information content (AvgIpc) is 3.30. The third-order valence-corrected chi connectivity index (χ3v) is 5.92. The Morgan fingerprint density at radius 3 is 2.65 bits per heavy atom. The van der Waals surface area contributed by atoms with Crippen molar-refractivity contribution in [3.8, 4) is 6.07 Å². The average molecular weight is 460 g/mol. The lowest BCUT2D eigenvalue weighted by molar-refractivity contribution is -0.103. The van der Waals surface area contributed by atoms with Gasteiger partial charge in [0, 0.05) is 49.7 Å². The monoisotopic (exact) mass is 459 g/mol. The molecule has 0 bridgehead atoms. The van der Waals surface area contributed by atoms with Crippen LogP contribution in [0.4, 0.5) is 4.39 Å². The number of nitriles is 1. The summed E-state index contributed by atoms with van der Waals surface area (Å²) in [5, 5.41) is 17.0. The number of likely N-dealkylation sites (tertiary alicyclic amines) is 1. The zero-order valence-corrected chi connectivity index (χ0v) is 19.1. The van der Waals surface area contributed by atoms with Gasteiger partial charge in [0.2, 0.25) is 5.96 Å². The van der Waals surface area contributed by atoms with E-state index in [1.54, 1.807) is 12.3 Å². The van der Waals surface area contributed by atoms with E-state index in [2.05, 4.69) is 15.1 Å². The number of aldehydes is 1. The van der Waals surface area contributed by atoms with Gasteiger partial charge in [0.15, 0.2) is 6.29 Å². The number of nitrogens with zero attached hydrogens (tertiary/aromatic N) is 5. The number of hydrogen-bond acceptors (Lipinski definition) is 5. The quantitative estimate of drug-likeness (QED) is 0.204. The molecule has 8 nitrogen and oxygen atoms in total. The lowest BCUT2D eigenvalue weighted by atomic mass is 9.99. The molecule has 0 amide bonds. The van der Waals surface area contributed by atoms with Gasteiger partial charge in [0.05, 0.1) is 23.0 Å². The van der Waals surface area contributed by atoms with Crippen molar-refractivity contribution in [3.63, 3.8) is 0 Å². The fourth-order valence-electron chi connectivity index (χ4n) is 4.05. The number of guanidine groups is 1. The van der Waals surface area contributed by atoms with Crippen LogP contribution < -0.4 is 5.73 Å². The molecule has 4 rings (SSSR count). The van der Waals surface area contributed by atoms with Crippen LogP contribution in [0.3, 0.4) is 0 Å². The molecule has 2 aromatic carbocycles. The number of allylic oxidation sites excluding steroid dienone is 1. The lowest BCUT2D eigenvalue weighted by Crippen LogP contribution is -2.47. The Kier molecular flexibility index (Phi) is 6.70. The van der Waals surface area contributed by atoms with Gasteiger partial charge in [-0.15, -0.1) is 0 Å². The third-order valence-electron chi connectivity index (χ3n) is 5.92. The second kappa shape index (κ2) is 9.85. The zero-order valence-electron chi connectivity index (χ0n) is 19.1. The number of nitrogens with one attached hydrogen (secondary N) is 1. The van der Waals surface area contributed by atoms with E-state index < -0.39 is 5.82 Å². The summed E-state index contributed by atoms with van der Waals surface area (Å²) < 4.78 is 14.6. The zero-order chi connectivity index (χ0) is 24.2. The smallest absolute Gasteiger partial charge is 0.201 e. The highest BCUT2D eigenvalue weighted by atomic mass is 19.1. The van der Waals surface area contributed by atoms with Crippen LogP contribution in [0.1, 0.15) is 29.5 Å². The number of aliphatic imine (C=N–C) groups is 1. The van der Waals surface area contributed by atoms with Gasteiger partial charge in [-0.2, -0.15) is 10.4 Å². The minimum Gasteiger partial charge on any atom is -0.349 e. The topological polar surface area (TPSA) is 114 Å². The van der Waals surface area contributed by atoms with Crippen molar-refractivity contribution in [1.29, 1.82) is 5.26 Å². The number of halogens is 1. The van der Waals surface area contributed by atoms with Crippen molar-refractivity contribution in [2.75, 3.05) is 27.2 Å². The van der Waals surface area contributed by atoms with Gasteiger partial charge in [-0.25, -0.2) is 9.38 Å². The number of nitrogens with two attached hydrogens (primary N) is 1. The predicted molar refractivity (Wildman–Crippen MR) is 130 cm³/mol. The summed E-state index contributed by atoms with van der Waals surface area (Å²) in [4.78, 5) is 21.3. The Labute approximate surface area is 197 Å². The molecule has 174 valence electrons. The van der Waals surface area contributed by atoms with Crippen LogP contribution in [0.2, 0.25) is 0 Å². The van der Waals surface area contributed by atoms with Gasteiger partial charge in [0.1, 0.15) is 11.9 Å². The molecule has 3 N–H and O–H groups in total. The van der Waals surface area contributed by atoms with Crippen molar-refractivity contribution in [1.82, 2.24) is 20.0 Å². The number of H-pyrrole nitrogens is 1. The Morgan fingerprint density at radius 2 is 2.00 bits per heavy atom. The molecule has 1 aliphatic heterocycles. The number of hydrogen-bond donors (Lipinski definition) is 2. The highest BCUT2D eigenvalue weighted by molar-refractivity contribution is 6.18. The van der Waals surface area contributed by atoms with Gasteiger partial charge in [-0.1, -0.05) is 18.2 Å². The first-order chi connectivity index (χ1) is 16.4. The standard InChI is InChI=1S/C25H26FN7O/c1-32(2)25(33-9-7-20(28)8-10-33)30-24(17-4-5-18(13-27)22(26)11-17)21(15-34)16-3-6-19-14-29-31-23(19)12-16/h3-6,11-12,14-15,20H,7-10,28H2,1-2H3,(H,29,31)/b24-21+,30-25+. The Bertz CT molecular complexity index is 1310. The number of carbonyl (C=O) groups is 1. The van der Waals surface area contributed by atoms with Crippen LogP contribution in [0.15, 0.2) is 47.6 Å². The van der Waals surface area contributed by atoms with Crippen molar-refractivity contribution in [2.24, 2.45) is 10.7 Å². The molecule has 1 aromatic heterocycles. The number of fused-ring (bicyclic) bond motifs is 1. The fraction of sp³-hybridized carbons (Fsp3) is 0.280. The molecule has 9 heteroatoms. The van der Waals surface area contributed by atoms with Crippen LogP contribution in [-0.2, 0) is 4.79 Å². The number of benzene rings is 2. The molecule has 34 heavy (non-hydrogen) atoms. The molecule has 0 atom stereocenters. The summed E-state index contributed by atoms with van der Waals surface area (Å²) in [7, 11) is 3.75. The second-order valence-electron chi connectivity index (χ2n) is 8.49. The molecule has 2 heterocycles. The molecule has 0 spiro atoms. The molecule has 0 aliphatic carbocycles. The van der Waals surface area contributed by atoms with Crippen LogP contribution in [0.5, 0.6) is 0 Å². The first kappa shape index (κ1) is 23.1. The summed E-state index contributed by atoms with van der Waals surface area (Å²) in [6.07, 6.45) is 4.08. The van der Waals surface area contributed by atoms with E-state index in [1.807, 2.05) is 43.3 Å². The van der Waals surface area contributed by atoms with Crippen molar-refractivity contribution in [3.05, 3.63) is 65.1 Å². The number of aromatic nitrogens is 2. The van der Waals surface area contributed by atoms with E-state index in [-0.39, 0.29) is 11.6 Å². The van der Waals surface area contributed by atoms with Crippen LogP contribution >= 0.6 is 0 Å². The van der Waals surface area contributed by atoms with Gasteiger partial charge in [0.25, 0.3) is 0 Å². The molecule has 0 unspecified atom stereocenters. The van der Waals surface area contributed by atoms with Gasteiger partial charge >= 0.3 is 0 Å². The Balaban J connectivity index is 1.93. The molecule has 1 saturated heterocycles. The number of rotatable bonds is 4. The lowest BCUT2D eigenvalue weighted by Gasteiger charge is -2.35. The first-order valence-corrected chi connectivity index (χ1v) is 11.0. The maximum absolute atomic E-state index is 14.6. The van der Waals surface area contributed by atoms with Gasteiger partial charge < -0.3 is 15.5 Å². The van der Waals surface area contributed by atoms with Crippen molar-refractivity contribution in [2.45, 2.75) is 18.9 Å². The minimum absolute atomic E-state index is 0.0727. The normalized spacial score (nSPS) is 15.7. The SMILES string of the molecule is CN(C)/C(=N\C(=C(/C=O)c1ccc2cn[nH]c2c1)c1ccc(C#N)c(F)c1)N1CCC(N)CC1. The predicted octanol–water partition coefficient (Wildman–Crippen LogP) is 2.98. The number of piperidine rings is 1. The molecule has 1 fully saturated rings. The number of carbonyl (C=O) groups excluding carboxylic acids is 1. The van der Waals surface area contributed by atoms with Crippen molar-refractivity contribution >= 4 is 34.4 Å². The highest BCUT2D eigenvalue weighted by Crippen LogP contribution is 2.30. The van der Waals surface area contributed by atoms with E-state index >= 15 is 0 Å². The van der Waals surface area contributed by atoms with Crippen LogP contribution in [0.25, 0.3) is 22.2 Å². The summed E-state index contributed by atoms with van der Waals surface area (Å²) >= 11 is 0. The van der Waals surface area contributed by atoms with E-state index in [9.17, 15) is 9.18 Å². The molecule has 0 saturated carbocycles. The molecular formula is C25H26FN7O. The van der Waals surface area contributed by atoms with Gasteiger partial charge in [-0.05, 0) is 36.6 Å². The van der Waals surface area contributed by atoms with Crippen LogP contribution in [0, 0.1) is 17.1 Å². The summed E-state index contributed by atoms with van der Waals surface area (Å²) in [5.74, 6) is -0.0223. The van der Waals surface area contributed by atoms with Crippen LogP contribution in [-0.4, -0.2) is 65.5 Å². The van der Waals surface area contributed by atoms with Gasteiger partial charge in [-0.3, -0.25) is 9.89 Å². The van der Waals surface area contributed by atoms with Crippen molar-refractivity contribution < 1.29 is 9.18 Å². The molecule has 1 aliphatic rings.